The van der Waals surface area contributed by atoms with E-state index in [9.17, 15) is 9.59 Å². The molecule has 0 radical (unpaired) electrons. The van der Waals surface area contributed by atoms with Crippen LogP contribution in [0.3, 0.4) is 0 Å². The molecule has 0 aliphatic heterocycles. The van der Waals surface area contributed by atoms with E-state index in [1.165, 1.54) is 44.1 Å². The lowest BCUT2D eigenvalue weighted by atomic mass is 9.75. The summed E-state index contributed by atoms with van der Waals surface area (Å²) in [4.78, 5) is 28.2. The SMILES string of the molecule is CC(C)[C@@H]1CC[C@@H](C)C[C@H]1OCC(=O)N(Cc1ccc(C(=O)Nc2nn[nH]n2)cc1)c1ccc(C2CCCCC2)cc1. The molecule has 1 heterocycles. The van der Waals surface area contributed by atoms with E-state index in [0.717, 1.165) is 24.1 Å². The van der Waals surface area contributed by atoms with Gasteiger partial charge in [0.1, 0.15) is 6.61 Å². The van der Waals surface area contributed by atoms with Crippen LogP contribution in [-0.2, 0) is 16.1 Å². The van der Waals surface area contributed by atoms with E-state index in [-0.39, 0.29) is 30.5 Å². The summed E-state index contributed by atoms with van der Waals surface area (Å²) >= 11 is 0. The van der Waals surface area contributed by atoms with Crippen molar-refractivity contribution in [3.63, 3.8) is 0 Å². The van der Waals surface area contributed by atoms with E-state index in [1.54, 1.807) is 12.1 Å². The van der Waals surface area contributed by atoms with E-state index in [0.29, 0.717) is 35.8 Å². The zero-order valence-corrected chi connectivity index (χ0v) is 25.1. The molecule has 2 aliphatic rings. The first-order valence-electron chi connectivity index (χ1n) is 15.5. The minimum absolute atomic E-state index is 0.0518. The molecule has 3 aromatic rings. The van der Waals surface area contributed by atoms with Crippen LogP contribution in [-0.4, -0.2) is 45.1 Å². The number of nitrogens with one attached hydrogen (secondary N) is 2. The number of ether oxygens (including phenoxy) is 1. The Balaban J connectivity index is 1.31. The van der Waals surface area contributed by atoms with Gasteiger partial charge in [-0.2, -0.15) is 5.21 Å². The quantitative estimate of drug-likeness (QED) is 0.286. The number of hydrogen-bond acceptors (Lipinski definition) is 6. The lowest BCUT2D eigenvalue weighted by Gasteiger charge is -2.37. The van der Waals surface area contributed by atoms with Crippen LogP contribution < -0.4 is 10.2 Å². The Labute approximate surface area is 248 Å². The van der Waals surface area contributed by atoms with Crippen molar-refractivity contribution in [2.24, 2.45) is 17.8 Å². The Kier molecular flexibility index (Phi) is 10.00. The molecule has 2 N–H and O–H groups in total. The summed E-state index contributed by atoms with van der Waals surface area (Å²) in [5, 5.41) is 15.9. The van der Waals surface area contributed by atoms with Crippen LogP contribution in [0, 0.1) is 17.8 Å². The molecular formula is C33H44N6O3. The van der Waals surface area contributed by atoms with Gasteiger partial charge in [0.05, 0.1) is 12.6 Å². The summed E-state index contributed by atoms with van der Waals surface area (Å²) in [7, 11) is 0. The number of anilines is 2. The summed E-state index contributed by atoms with van der Waals surface area (Å²) in [6.45, 7) is 7.22. The van der Waals surface area contributed by atoms with Crippen LogP contribution >= 0.6 is 0 Å². The fourth-order valence-corrected chi connectivity index (χ4v) is 6.58. The number of carbonyl (C=O) groups excluding carboxylic acids is 2. The number of benzene rings is 2. The van der Waals surface area contributed by atoms with Crippen molar-refractivity contribution in [2.75, 3.05) is 16.8 Å². The van der Waals surface area contributed by atoms with Gasteiger partial charge in [-0.25, -0.2) is 0 Å². The van der Waals surface area contributed by atoms with E-state index >= 15 is 0 Å². The van der Waals surface area contributed by atoms with Crippen LogP contribution in [0.1, 0.15) is 99.5 Å². The smallest absolute Gasteiger partial charge is 0.270 e. The number of aromatic nitrogens is 4. The van der Waals surface area contributed by atoms with Crippen molar-refractivity contribution in [3.05, 3.63) is 65.2 Å². The zero-order chi connectivity index (χ0) is 29.5. The Bertz CT molecular complexity index is 1290. The summed E-state index contributed by atoms with van der Waals surface area (Å²) < 4.78 is 6.39. The van der Waals surface area contributed by atoms with Crippen LogP contribution in [0.4, 0.5) is 11.6 Å². The highest BCUT2D eigenvalue weighted by Gasteiger charge is 2.32. The van der Waals surface area contributed by atoms with E-state index < -0.39 is 0 Å². The molecular weight excluding hydrogens is 528 g/mol. The van der Waals surface area contributed by atoms with E-state index in [4.69, 9.17) is 4.74 Å². The van der Waals surface area contributed by atoms with Gasteiger partial charge < -0.3 is 9.64 Å². The zero-order valence-electron chi connectivity index (χ0n) is 25.1. The van der Waals surface area contributed by atoms with Gasteiger partial charge in [-0.15, -0.1) is 5.10 Å². The van der Waals surface area contributed by atoms with E-state index in [1.807, 2.05) is 17.0 Å². The molecule has 5 rings (SSSR count). The maximum atomic E-state index is 13.8. The predicted molar refractivity (Wildman–Crippen MR) is 163 cm³/mol. The molecule has 2 aromatic carbocycles. The Hall–Kier alpha value is -3.59. The van der Waals surface area contributed by atoms with Gasteiger partial charge in [-0.3, -0.25) is 14.9 Å². The fourth-order valence-electron chi connectivity index (χ4n) is 6.58. The molecule has 9 nitrogen and oxygen atoms in total. The molecule has 42 heavy (non-hydrogen) atoms. The highest BCUT2D eigenvalue weighted by molar-refractivity contribution is 6.03. The van der Waals surface area contributed by atoms with Crippen molar-refractivity contribution < 1.29 is 14.3 Å². The second-order valence-electron chi connectivity index (χ2n) is 12.5. The van der Waals surface area contributed by atoms with Crippen LogP contribution in [0.25, 0.3) is 0 Å². The van der Waals surface area contributed by atoms with Gasteiger partial charge in [0, 0.05) is 11.3 Å². The van der Waals surface area contributed by atoms with Gasteiger partial charge in [0.25, 0.3) is 17.8 Å². The molecule has 2 saturated carbocycles. The number of nitrogens with zero attached hydrogens (tertiary/aromatic N) is 4. The summed E-state index contributed by atoms with van der Waals surface area (Å²) in [5.41, 5.74) is 3.60. The van der Waals surface area contributed by atoms with Crippen molar-refractivity contribution in [1.29, 1.82) is 0 Å². The molecule has 0 bridgehead atoms. The number of hydrogen-bond donors (Lipinski definition) is 2. The van der Waals surface area contributed by atoms with Gasteiger partial charge >= 0.3 is 0 Å². The van der Waals surface area contributed by atoms with Crippen molar-refractivity contribution >= 4 is 23.5 Å². The highest BCUT2D eigenvalue weighted by Crippen LogP contribution is 2.36. The van der Waals surface area contributed by atoms with Crippen LogP contribution in [0.5, 0.6) is 0 Å². The molecule has 9 heteroatoms. The van der Waals surface area contributed by atoms with Gasteiger partial charge in [0.15, 0.2) is 0 Å². The predicted octanol–water partition coefficient (Wildman–Crippen LogP) is 6.51. The number of aromatic amines is 1. The second-order valence-corrected chi connectivity index (χ2v) is 12.5. The summed E-state index contributed by atoms with van der Waals surface area (Å²) in [6, 6.07) is 15.8. The van der Waals surface area contributed by atoms with Crippen LogP contribution in [0.2, 0.25) is 0 Å². The number of H-pyrrole nitrogens is 1. The first-order chi connectivity index (χ1) is 20.4. The highest BCUT2D eigenvalue weighted by atomic mass is 16.5. The summed E-state index contributed by atoms with van der Waals surface area (Å²) in [5.74, 6) is 1.95. The van der Waals surface area contributed by atoms with Crippen molar-refractivity contribution in [3.8, 4) is 0 Å². The largest absolute Gasteiger partial charge is 0.368 e. The van der Waals surface area contributed by atoms with Crippen molar-refractivity contribution in [2.45, 2.75) is 90.7 Å². The van der Waals surface area contributed by atoms with Crippen LogP contribution in [0.15, 0.2) is 48.5 Å². The Morgan fingerprint density at radius 1 is 1.00 bits per heavy atom. The van der Waals surface area contributed by atoms with Gasteiger partial charge in [-0.05, 0) is 90.0 Å². The molecule has 0 saturated heterocycles. The standard InChI is InChI=1S/C33H44N6O3/c1-22(2)29-18-9-23(3)19-30(29)42-21-31(40)39(28-16-14-26(15-17-28)25-7-5-4-6-8-25)20-24-10-12-27(13-11-24)32(41)34-33-35-37-38-36-33/h10-17,22-23,25,29-30H,4-9,18-21H2,1-3H3,(H2,34,35,36,37,38,41)/t23-,29+,30-/m1/s1. The second kappa shape index (κ2) is 14.1. The Morgan fingerprint density at radius 2 is 1.74 bits per heavy atom. The summed E-state index contributed by atoms with van der Waals surface area (Å²) in [6.07, 6.45) is 9.84. The monoisotopic (exact) mass is 572 g/mol. The molecule has 0 spiro atoms. The minimum atomic E-state index is -0.330. The third kappa shape index (κ3) is 7.62. The number of amides is 2. The average molecular weight is 573 g/mol. The Morgan fingerprint density at radius 3 is 2.40 bits per heavy atom. The lowest BCUT2D eigenvalue weighted by Crippen LogP contribution is -2.39. The molecule has 2 amide bonds. The number of tetrazole rings is 1. The van der Waals surface area contributed by atoms with Crippen molar-refractivity contribution in [1.82, 2.24) is 20.6 Å². The molecule has 224 valence electrons. The minimum Gasteiger partial charge on any atom is -0.368 e. The first-order valence-corrected chi connectivity index (χ1v) is 15.5. The average Bonchev–Trinajstić information content (AvgIpc) is 3.52. The maximum absolute atomic E-state index is 13.8. The first kappa shape index (κ1) is 29.9. The fraction of sp³-hybridized carbons (Fsp3) is 0.545. The van der Waals surface area contributed by atoms with Gasteiger partial charge in [0.2, 0.25) is 0 Å². The molecule has 1 aromatic heterocycles. The topological polar surface area (TPSA) is 113 Å². The third-order valence-corrected chi connectivity index (χ3v) is 9.09. The lowest BCUT2D eigenvalue weighted by molar-refractivity contribution is -0.128. The third-order valence-electron chi connectivity index (χ3n) is 9.09. The van der Waals surface area contributed by atoms with Gasteiger partial charge in [-0.1, -0.05) is 75.8 Å². The number of rotatable bonds is 10. The van der Waals surface area contributed by atoms with E-state index in [2.05, 4.69) is 71.0 Å². The molecule has 3 atom stereocenters. The molecule has 2 fully saturated rings. The number of carbonyl (C=O) groups is 2. The maximum Gasteiger partial charge on any atom is 0.270 e. The molecule has 0 unspecified atom stereocenters. The molecule has 2 aliphatic carbocycles. The normalized spacial score (nSPS) is 21.3.